The van der Waals surface area contributed by atoms with Crippen molar-refractivity contribution < 1.29 is 22.7 Å². The zero-order valence-electron chi connectivity index (χ0n) is 15.5. The maximum atomic E-state index is 12.8. The number of methoxy groups -OCH3 is 1. The van der Waals surface area contributed by atoms with Crippen LogP contribution in [-0.2, 0) is 10.0 Å². The number of hydrogen-bond donors (Lipinski definition) is 2. The van der Waals surface area contributed by atoms with E-state index < -0.39 is 15.9 Å². The van der Waals surface area contributed by atoms with Crippen molar-refractivity contribution >= 4 is 27.9 Å². The number of hydrogen-bond acceptors (Lipinski definition) is 6. The fraction of sp³-hybridized carbons (Fsp3) is 0.0476. The molecule has 0 aliphatic carbocycles. The van der Waals surface area contributed by atoms with Gasteiger partial charge in [0.15, 0.2) is 6.29 Å². The Morgan fingerprint density at radius 2 is 1.76 bits per heavy atom. The van der Waals surface area contributed by atoms with Crippen molar-refractivity contribution in [3.8, 4) is 16.9 Å². The minimum atomic E-state index is -4.25. The van der Waals surface area contributed by atoms with Crippen LogP contribution >= 0.6 is 0 Å². The standard InChI is InChI=1S/C21H18N2O5S/c1-28-20-16(13-24)11-18(12-19(20)15-8-5-9-17(22)10-15)29(26,27)23-21(25)14-6-3-2-4-7-14/h2-13H,22H2,1H3,(H,23,25). The average molecular weight is 410 g/mol. The molecule has 3 aromatic carbocycles. The summed E-state index contributed by atoms with van der Waals surface area (Å²) in [7, 11) is -2.87. The van der Waals surface area contributed by atoms with Crippen LogP contribution in [0.1, 0.15) is 20.7 Å². The molecule has 1 amide bonds. The monoisotopic (exact) mass is 410 g/mol. The summed E-state index contributed by atoms with van der Waals surface area (Å²) in [6.45, 7) is 0. The number of ether oxygens (including phenoxy) is 1. The number of amides is 1. The molecule has 0 spiro atoms. The number of anilines is 1. The van der Waals surface area contributed by atoms with Crippen LogP contribution in [0.15, 0.2) is 71.6 Å². The number of nitrogen functional groups attached to an aromatic ring is 1. The minimum absolute atomic E-state index is 0.0277. The molecule has 0 aliphatic rings. The first-order valence-corrected chi connectivity index (χ1v) is 9.99. The zero-order chi connectivity index (χ0) is 21.0. The summed E-state index contributed by atoms with van der Waals surface area (Å²) in [5, 5.41) is 0. The largest absolute Gasteiger partial charge is 0.495 e. The van der Waals surface area contributed by atoms with E-state index in [1.54, 1.807) is 42.5 Å². The Kier molecular flexibility index (Phi) is 5.65. The molecule has 0 fully saturated rings. The third kappa shape index (κ3) is 4.27. The van der Waals surface area contributed by atoms with E-state index in [1.165, 1.54) is 25.3 Å². The Balaban J connectivity index is 2.10. The number of rotatable bonds is 6. The normalized spacial score (nSPS) is 10.9. The summed E-state index contributed by atoms with van der Waals surface area (Å²) >= 11 is 0. The molecule has 0 aliphatic heterocycles. The number of carbonyl (C=O) groups excluding carboxylic acids is 2. The van der Waals surface area contributed by atoms with Gasteiger partial charge in [-0.3, -0.25) is 9.59 Å². The fourth-order valence-corrected chi connectivity index (χ4v) is 3.88. The van der Waals surface area contributed by atoms with Gasteiger partial charge in [-0.1, -0.05) is 30.3 Å². The lowest BCUT2D eigenvalue weighted by Crippen LogP contribution is -2.30. The highest BCUT2D eigenvalue weighted by Crippen LogP contribution is 2.35. The van der Waals surface area contributed by atoms with Crippen LogP contribution in [-0.4, -0.2) is 27.7 Å². The molecule has 8 heteroatoms. The molecule has 29 heavy (non-hydrogen) atoms. The Morgan fingerprint density at radius 1 is 1.03 bits per heavy atom. The highest BCUT2D eigenvalue weighted by molar-refractivity contribution is 7.90. The summed E-state index contributed by atoms with van der Waals surface area (Å²) < 4.78 is 33.0. The van der Waals surface area contributed by atoms with E-state index in [2.05, 4.69) is 0 Å². The lowest BCUT2D eigenvalue weighted by atomic mass is 10.0. The van der Waals surface area contributed by atoms with Crippen molar-refractivity contribution in [2.24, 2.45) is 0 Å². The Bertz CT molecular complexity index is 1170. The molecule has 7 nitrogen and oxygen atoms in total. The molecule has 0 saturated heterocycles. The molecule has 148 valence electrons. The molecule has 3 rings (SSSR count). The molecule has 0 bridgehead atoms. The van der Waals surface area contributed by atoms with Gasteiger partial charge >= 0.3 is 0 Å². The SMILES string of the molecule is COc1c(C=O)cc(S(=O)(=O)NC(=O)c2ccccc2)cc1-c1cccc(N)c1. The second-order valence-electron chi connectivity index (χ2n) is 6.14. The first-order chi connectivity index (χ1) is 13.9. The van der Waals surface area contributed by atoms with Crippen LogP contribution in [0.25, 0.3) is 11.1 Å². The van der Waals surface area contributed by atoms with Gasteiger partial charge in [-0.2, -0.15) is 0 Å². The number of sulfonamides is 1. The highest BCUT2D eigenvalue weighted by atomic mass is 32.2. The van der Waals surface area contributed by atoms with Crippen LogP contribution in [0.2, 0.25) is 0 Å². The van der Waals surface area contributed by atoms with Gasteiger partial charge in [0.25, 0.3) is 15.9 Å². The number of nitrogens with one attached hydrogen (secondary N) is 1. The van der Waals surface area contributed by atoms with E-state index in [1.807, 2.05) is 4.72 Å². The predicted molar refractivity (Wildman–Crippen MR) is 109 cm³/mol. The third-order valence-electron chi connectivity index (χ3n) is 4.19. The molecule has 0 saturated carbocycles. The molecule has 3 N–H and O–H groups in total. The van der Waals surface area contributed by atoms with Gasteiger partial charge in [0.1, 0.15) is 5.75 Å². The van der Waals surface area contributed by atoms with Crippen LogP contribution in [0.4, 0.5) is 5.69 Å². The fourth-order valence-electron chi connectivity index (χ4n) is 2.84. The van der Waals surface area contributed by atoms with Crippen LogP contribution in [0.3, 0.4) is 0 Å². The van der Waals surface area contributed by atoms with E-state index in [9.17, 15) is 18.0 Å². The van der Waals surface area contributed by atoms with Crippen molar-refractivity contribution in [1.29, 1.82) is 0 Å². The first kappa shape index (κ1) is 20.1. The van der Waals surface area contributed by atoms with Crippen LogP contribution in [0.5, 0.6) is 5.75 Å². The van der Waals surface area contributed by atoms with Crippen LogP contribution in [0, 0.1) is 0 Å². The Morgan fingerprint density at radius 3 is 2.38 bits per heavy atom. The molecule has 0 radical (unpaired) electrons. The second kappa shape index (κ2) is 8.15. The maximum absolute atomic E-state index is 12.8. The van der Waals surface area contributed by atoms with E-state index in [0.29, 0.717) is 23.1 Å². The quantitative estimate of drug-likeness (QED) is 0.477. The third-order valence-corrected chi connectivity index (χ3v) is 5.50. The van der Waals surface area contributed by atoms with Gasteiger partial charge in [0, 0.05) is 16.8 Å². The molecule has 0 unspecified atom stereocenters. The topological polar surface area (TPSA) is 116 Å². The number of nitrogens with two attached hydrogens (primary N) is 1. The summed E-state index contributed by atoms with van der Waals surface area (Å²) in [5.41, 5.74) is 7.43. The van der Waals surface area contributed by atoms with Crippen molar-refractivity contribution in [2.45, 2.75) is 4.90 Å². The van der Waals surface area contributed by atoms with Gasteiger partial charge in [-0.15, -0.1) is 0 Å². The number of carbonyl (C=O) groups is 2. The summed E-state index contributed by atoms with van der Waals surface area (Å²) in [6, 6.07) is 17.1. The first-order valence-electron chi connectivity index (χ1n) is 8.51. The van der Waals surface area contributed by atoms with E-state index in [4.69, 9.17) is 10.5 Å². The van der Waals surface area contributed by atoms with E-state index in [0.717, 1.165) is 6.07 Å². The van der Waals surface area contributed by atoms with Gasteiger partial charge in [-0.25, -0.2) is 13.1 Å². The second-order valence-corrected chi connectivity index (χ2v) is 7.82. The van der Waals surface area contributed by atoms with Crippen molar-refractivity contribution in [3.05, 3.63) is 77.9 Å². The van der Waals surface area contributed by atoms with Gasteiger partial charge in [-0.05, 0) is 42.0 Å². The smallest absolute Gasteiger partial charge is 0.264 e. The molecular formula is C21H18N2O5S. The highest BCUT2D eigenvalue weighted by Gasteiger charge is 2.23. The lowest BCUT2D eigenvalue weighted by molar-refractivity contribution is 0.0981. The van der Waals surface area contributed by atoms with Gasteiger partial charge in [0.2, 0.25) is 0 Å². The minimum Gasteiger partial charge on any atom is -0.495 e. The molecule has 0 atom stereocenters. The Labute approximate surface area is 168 Å². The zero-order valence-corrected chi connectivity index (χ0v) is 16.3. The van der Waals surface area contributed by atoms with Gasteiger partial charge in [0.05, 0.1) is 17.6 Å². The average Bonchev–Trinajstić information content (AvgIpc) is 2.73. The number of aldehydes is 1. The molecule has 0 aromatic heterocycles. The molecule has 0 heterocycles. The number of benzene rings is 3. The summed E-state index contributed by atoms with van der Waals surface area (Å²) in [6.07, 6.45) is 0.493. The van der Waals surface area contributed by atoms with Gasteiger partial charge < -0.3 is 10.5 Å². The van der Waals surface area contributed by atoms with E-state index in [-0.39, 0.29) is 21.8 Å². The predicted octanol–water partition coefficient (Wildman–Crippen LogP) is 2.88. The van der Waals surface area contributed by atoms with E-state index >= 15 is 0 Å². The molecular weight excluding hydrogens is 392 g/mol. The van der Waals surface area contributed by atoms with Crippen molar-refractivity contribution in [1.82, 2.24) is 4.72 Å². The lowest BCUT2D eigenvalue weighted by Gasteiger charge is -2.15. The molecule has 3 aromatic rings. The Hall–Kier alpha value is -3.65. The maximum Gasteiger partial charge on any atom is 0.264 e. The van der Waals surface area contributed by atoms with Crippen molar-refractivity contribution in [3.63, 3.8) is 0 Å². The summed E-state index contributed by atoms with van der Waals surface area (Å²) in [5.74, 6) is -0.571. The van der Waals surface area contributed by atoms with Crippen LogP contribution < -0.4 is 15.2 Å². The summed E-state index contributed by atoms with van der Waals surface area (Å²) in [4.78, 5) is 23.6. The van der Waals surface area contributed by atoms with Crippen molar-refractivity contribution in [2.75, 3.05) is 12.8 Å².